The van der Waals surface area contributed by atoms with Crippen molar-refractivity contribution in [2.75, 3.05) is 17.3 Å². The fraction of sp³-hybridized carbons (Fsp3) is 0.214. The Hall–Kier alpha value is -2.61. The molecule has 1 aromatic carbocycles. The van der Waals surface area contributed by atoms with Crippen LogP contribution in [-0.2, 0) is 6.54 Å². The Bertz CT molecular complexity index is 586. The van der Waals surface area contributed by atoms with Crippen molar-refractivity contribution in [1.82, 2.24) is 9.97 Å². The van der Waals surface area contributed by atoms with Crippen LogP contribution in [0, 0.1) is 18.4 Å². The molecule has 19 heavy (non-hydrogen) atoms. The summed E-state index contributed by atoms with van der Waals surface area (Å²) in [6, 6.07) is 10.1. The van der Waals surface area contributed by atoms with E-state index in [1.165, 1.54) is 17.5 Å². The molecule has 1 aromatic heterocycles. The minimum absolute atomic E-state index is 0.503. The van der Waals surface area contributed by atoms with E-state index in [-0.39, 0.29) is 0 Å². The number of hydrogen-bond acceptors (Lipinski definition) is 5. The van der Waals surface area contributed by atoms with Crippen molar-refractivity contribution < 1.29 is 0 Å². The fourth-order valence-electron chi connectivity index (χ4n) is 1.73. The molecule has 2 rings (SSSR count). The van der Waals surface area contributed by atoms with Crippen molar-refractivity contribution >= 4 is 11.6 Å². The smallest absolute Gasteiger partial charge is 0.182 e. The van der Waals surface area contributed by atoms with Gasteiger partial charge in [0.2, 0.25) is 0 Å². The fourth-order valence-corrected chi connectivity index (χ4v) is 1.73. The topological polar surface area (TPSA) is 64.8 Å². The first-order valence-electron chi connectivity index (χ1n) is 5.93. The van der Waals surface area contributed by atoms with Crippen molar-refractivity contribution in [3.05, 3.63) is 47.8 Å². The summed E-state index contributed by atoms with van der Waals surface area (Å²) in [5.41, 5.74) is 2.45. The summed E-state index contributed by atoms with van der Waals surface area (Å²) < 4.78 is 0. The van der Waals surface area contributed by atoms with Crippen LogP contribution in [0.15, 0.2) is 36.7 Å². The molecule has 1 heterocycles. The van der Waals surface area contributed by atoms with E-state index in [4.69, 9.17) is 5.26 Å². The summed E-state index contributed by atoms with van der Waals surface area (Å²) in [6.07, 6.45) is 3.29. The van der Waals surface area contributed by atoms with Crippen LogP contribution in [0.4, 0.5) is 11.6 Å². The molecule has 0 atom stereocenters. The molecule has 0 fully saturated rings. The van der Waals surface area contributed by atoms with Gasteiger partial charge in [0.05, 0.1) is 0 Å². The molecule has 0 radical (unpaired) electrons. The van der Waals surface area contributed by atoms with Crippen LogP contribution in [0.3, 0.4) is 0 Å². The van der Waals surface area contributed by atoms with Gasteiger partial charge in [-0.05, 0) is 12.5 Å². The maximum absolute atomic E-state index is 8.58. The normalized spacial score (nSPS) is 9.74. The molecule has 0 saturated heterocycles. The number of benzene rings is 1. The lowest BCUT2D eigenvalue weighted by molar-refractivity contribution is 0.891. The van der Waals surface area contributed by atoms with Gasteiger partial charge in [-0.2, -0.15) is 5.26 Å². The Balaban J connectivity index is 2.11. The van der Waals surface area contributed by atoms with Gasteiger partial charge in [0, 0.05) is 19.7 Å². The average molecular weight is 253 g/mol. The zero-order valence-electron chi connectivity index (χ0n) is 11.0. The summed E-state index contributed by atoms with van der Waals surface area (Å²) in [6.45, 7) is 2.82. The van der Waals surface area contributed by atoms with E-state index in [9.17, 15) is 0 Å². The second-order valence-electron chi connectivity index (χ2n) is 4.34. The molecule has 5 nitrogen and oxygen atoms in total. The second kappa shape index (κ2) is 5.83. The highest BCUT2D eigenvalue weighted by Crippen LogP contribution is 2.15. The average Bonchev–Trinajstić information content (AvgIpc) is 2.42. The van der Waals surface area contributed by atoms with Gasteiger partial charge in [-0.1, -0.05) is 29.8 Å². The van der Waals surface area contributed by atoms with Crippen LogP contribution >= 0.6 is 0 Å². The second-order valence-corrected chi connectivity index (χ2v) is 4.34. The SMILES string of the molecule is Cc1ccc(CN(C)c2cc(NC#N)ncn2)cc1. The van der Waals surface area contributed by atoms with Crippen molar-refractivity contribution in [3.63, 3.8) is 0 Å². The van der Waals surface area contributed by atoms with Gasteiger partial charge < -0.3 is 4.90 Å². The summed E-state index contributed by atoms with van der Waals surface area (Å²) in [5, 5.41) is 11.1. The predicted octanol–water partition coefficient (Wildman–Crippen LogP) is 2.31. The first-order chi connectivity index (χ1) is 9.19. The molecule has 0 bridgehead atoms. The molecule has 96 valence electrons. The number of nitrogens with zero attached hydrogens (tertiary/aromatic N) is 4. The first kappa shape index (κ1) is 12.8. The molecule has 0 spiro atoms. The Morgan fingerprint density at radius 2 is 2.00 bits per heavy atom. The van der Waals surface area contributed by atoms with E-state index in [0.29, 0.717) is 5.82 Å². The monoisotopic (exact) mass is 253 g/mol. The number of rotatable bonds is 4. The molecule has 0 amide bonds. The summed E-state index contributed by atoms with van der Waals surface area (Å²) >= 11 is 0. The van der Waals surface area contributed by atoms with Gasteiger partial charge in [0.15, 0.2) is 6.19 Å². The Morgan fingerprint density at radius 3 is 2.68 bits per heavy atom. The number of anilines is 2. The van der Waals surface area contributed by atoms with Gasteiger partial charge in [-0.25, -0.2) is 9.97 Å². The lowest BCUT2D eigenvalue weighted by Crippen LogP contribution is -2.18. The van der Waals surface area contributed by atoms with E-state index >= 15 is 0 Å². The molecule has 5 heteroatoms. The zero-order chi connectivity index (χ0) is 13.7. The molecule has 2 aromatic rings. The standard InChI is InChI=1S/C14H15N5/c1-11-3-5-12(6-4-11)8-19(2)14-7-13(16-9-15)17-10-18-14/h3-7,10H,8H2,1-2H3,(H,16,17,18). The van der Waals surface area contributed by atoms with Crippen LogP contribution in [0.2, 0.25) is 0 Å². The Morgan fingerprint density at radius 1 is 1.26 bits per heavy atom. The quantitative estimate of drug-likeness (QED) is 0.669. The van der Waals surface area contributed by atoms with Crippen LogP contribution < -0.4 is 10.2 Å². The lowest BCUT2D eigenvalue weighted by atomic mass is 10.1. The molecule has 0 saturated carbocycles. The third kappa shape index (κ3) is 3.42. The molecule has 0 aliphatic heterocycles. The van der Waals surface area contributed by atoms with E-state index in [0.717, 1.165) is 12.4 Å². The Kier molecular flexibility index (Phi) is 3.94. The minimum Gasteiger partial charge on any atom is -0.355 e. The summed E-state index contributed by atoms with van der Waals surface area (Å²) in [4.78, 5) is 10.2. The first-order valence-corrected chi connectivity index (χ1v) is 5.93. The highest BCUT2D eigenvalue weighted by Gasteiger charge is 2.05. The van der Waals surface area contributed by atoms with Crippen LogP contribution in [0.25, 0.3) is 0 Å². The van der Waals surface area contributed by atoms with E-state index in [1.807, 2.05) is 18.1 Å². The summed E-state index contributed by atoms with van der Waals surface area (Å²) in [5.74, 6) is 1.27. The molecule has 0 aliphatic carbocycles. The molecule has 0 unspecified atom stereocenters. The third-order valence-corrected chi connectivity index (χ3v) is 2.77. The van der Waals surface area contributed by atoms with Crippen LogP contribution in [0.1, 0.15) is 11.1 Å². The number of nitriles is 1. The maximum Gasteiger partial charge on any atom is 0.182 e. The molecule has 1 N–H and O–H groups in total. The van der Waals surface area contributed by atoms with Crippen molar-refractivity contribution in [1.29, 1.82) is 5.26 Å². The summed E-state index contributed by atoms with van der Waals surface area (Å²) in [7, 11) is 1.96. The predicted molar refractivity (Wildman–Crippen MR) is 74.6 cm³/mol. The molecule has 0 aliphatic rings. The van der Waals surface area contributed by atoms with Gasteiger partial charge in [-0.3, -0.25) is 5.32 Å². The molecular formula is C14H15N5. The van der Waals surface area contributed by atoms with Gasteiger partial charge in [0.1, 0.15) is 18.0 Å². The van der Waals surface area contributed by atoms with Gasteiger partial charge in [-0.15, -0.1) is 0 Å². The van der Waals surface area contributed by atoms with Crippen molar-refractivity contribution in [3.8, 4) is 6.19 Å². The van der Waals surface area contributed by atoms with Crippen molar-refractivity contribution in [2.24, 2.45) is 0 Å². The van der Waals surface area contributed by atoms with E-state index in [1.54, 1.807) is 6.07 Å². The molecular weight excluding hydrogens is 238 g/mol. The van der Waals surface area contributed by atoms with Gasteiger partial charge in [0.25, 0.3) is 0 Å². The van der Waals surface area contributed by atoms with Crippen LogP contribution in [0.5, 0.6) is 0 Å². The van der Waals surface area contributed by atoms with Crippen LogP contribution in [-0.4, -0.2) is 17.0 Å². The number of aromatic nitrogens is 2. The zero-order valence-corrected chi connectivity index (χ0v) is 11.0. The highest BCUT2D eigenvalue weighted by atomic mass is 15.2. The van der Waals surface area contributed by atoms with Crippen molar-refractivity contribution in [2.45, 2.75) is 13.5 Å². The minimum atomic E-state index is 0.503. The Labute approximate surface area is 112 Å². The lowest BCUT2D eigenvalue weighted by Gasteiger charge is -2.18. The van der Waals surface area contributed by atoms with E-state index < -0.39 is 0 Å². The number of hydrogen-bond donors (Lipinski definition) is 1. The largest absolute Gasteiger partial charge is 0.355 e. The number of nitrogens with one attached hydrogen (secondary N) is 1. The number of aryl methyl sites for hydroxylation is 1. The van der Waals surface area contributed by atoms with Gasteiger partial charge >= 0.3 is 0 Å². The maximum atomic E-state index is 8.58. The highest BCUT2D eigenvalue weighted by molar-refractivity contribution is 5.49. The third-order valence-electron chi connectivity index (χ3n) is 2.77. The van der Waals surface area contributed by atoms with E-state index in [2.05, 4.69) is 46.5 Å².